The SMILES string of the molecule is Cc1ccc(C)n1-c1ccc(C(=O)N/N=C\c2ccc(O)c(I)c2)cc1. The number of rotatable bonds is 4. The Balaban J connectivity index is 1.68. The van der Waals surface area contributed by atoms with Gasteiger partial charge in [0, 0.05) is 22.6 Å². The van der Waals surface area contributed by atoms with Gasteiger partial charge < -0.3 is 9.67 Å². The summed E-state index contributed by atoms with van der Waals surface area (Å²) >= 11 is 2.04. The maximum Gasteiger partial charge on any atom is 0.271 e. The Hall–Kier alpha value is -2.61. The van der Waals surface area contributed by atoms with E-state index >= 15 is 0 Å². The first-order chi connectivity index (χ1) is 12.5. The molecule has 2 aromatic carbocycles. The molecule has 1 heterocycles. The van der Waals surface area contributed by atoms with Crippen LogP contribution in [0.4, 0.5) is 0 Å². The average Bonchev–Trinajstić information content (AvgIpc) is 2.96. The first-order valence-electron chi connectivity index (χ1n) is 8.03. The third-order valence-electron chi connectivity index (χ3n) is 4.01. The molecular weight excluding hydrogens is 441 g/mol. The Kier molecular flexibility index (Phi) is 5.41. The predicted molar refractivity (Wildman–Crippen MR) is 111 cm³/mol. The molecule has 2 N–H and O–H groups in total. The number of nitrogens with one attached hydrogen (secondary N) is 1. The van der Waals surface area contributed by atoms with Crippen LogP contribution in [0.15, 0.2) is 59.7 Å². The number of phenols is 1. The summed E-state index contributed by atoms with van der Waals surface area (Å²) in [6, 6.07) is 16.6. The van der Waals surface area contributed by atoms with E-state index in [9.17, 15) is 9.90 Å². The van der Waals surface area contributed by atoms with E-state index in [1.165, 1.54) is 0 Å². The minimum atomic E-state index is -0.276. The molecule has 1 amide bonds. The maximum absolute atomic E-state index is 12.2. The lowest BCUT2D eigenvalue weighted by molar-refractivity contribution is 0.0955. The molecule has 0 bridgehead atoms. The van der Waals surface area contributed by atoms with Crippen molar-refractivity contribution in [3.8, 4) is 11.4 Å². The third kappa shape index (κ3) is 3.96. The van der Waals surface area contributed by atoms with Crippen LogP contribution in [-0.2, 0) is 0 Å². The van der Waals surface area contributed by atoms with Gasteiger partial charge in [0.1, 0.15) is 5.75 Å². The van der Waals surface area contributed by atoms with Crippen LogP contribution in [-0.4, -0.2) is 21.8 Å². The number of halogens is 1. The van der Waals surface area contributed by atoms with Gasteiger partial charge in [0.2, 0.25) is 0 Å². The lowest BCUT2D eigenvalue weighted by atomic mass is 10.2. The molecule has 26 heavy (non-hydrogen) atoms. The number of aryl methyl sites for hydroxylation is 2. The van der Waals surface area contributed by atoms with Gasteiger partial charge in [-0.05, 0) is 96.6 Å². The first kappa shape index (κ1) is 18.2. The Bertz CT molecular complexity index is 956. The molecule has 6 heteroatoms. The second kappa shape index (κ2) is 7.74. The predicted octanol–water partition coefficient (Wildman–Crippen LogP) is 4.17. The van der Waals surface area contributed by atoms with Crippen LogP contribution in [0.3, 0.4) is 0 Å². The fourth-order valence-corrected chi connectivity index (χ4v) is 3.21. The standard InChI is InChI=1S/C20H18IN3O2/c1-13-3-4-14(2)24(13)17-8-6-16(7-9-17)20(26)23-22-12-15-5-10-19(25)18(21)11-15/h3-12,25H,1-2H3,(H,23,26)/b22-12-. The number of benzene rings is 2. The molecule has 0 radical (unpaired) electrons. The van der Waals surface area contributed by atoms with Gasteiger partial charge in [0.15, 0.2) is 0 Å². The van der Waals surface area contributed by atoms with Gasteiger partial charge >= 0.3 is 0 Å². The van der Waals surface area contributed by atoms with Gasteiger partial charge in [-0.25, -0.2) is 5.43 Å². The summed E-state index contributed by atoms with van der Waals surface area (Å²) in [6.45, 7) is 4.10. The van der Waals surface area contributed by atoms with E-state index in [0.717, 1.165) is 26.2 Å². The summed E-state index contributed by atoms with van der Waals surface area (Å²) in [7, 11) is 0. The molecule has 3 aromatic rings. The van der Waals surface area contributed by atoms with Gasteiger partial charge in [0.05, 0.1) is 9.78 Å². The molecule has 3 rings (SSSR count). The van der Waals surface area contributed by atoms with E-state index in [1.54, 1.807) is 36.5 Å². The van der Waals surface area contributed by atoms with Crippen molar-refractivity contribution in [3.63, 3.8) is 0 Å². The second-order valence-corrected chi connectivity index (χ2v) is 7.07. The molecule has 0 unspecified atom stereocenters. The summed E-state index contributed by atoms with van der Waals surface area (Å²) in [5, 5.41) is 13.5. The fraction of sp³-hybridized carbons (Fsp3) is 0.100. The van der Waals surface area contributed by atoms with E-state index < -0.39 is 0 Å². The lowest BCUT2D eigenvalue weighted by Gasteiger charge is -2.10. The quantitative estimate of drug-likeness (QED) is 0.350. The largest absolute Gasteiger partial charge is 0.507 e. The van der Waals surface area contributed by atoms with Crippen LogP contribution in [0.25, 0.3) is 5.69 Å². The van der Waals surface area contributed by atoms with Crippen molar-refractivity contribution in [3.05, 3.63) is 80.7 Å². The zero-order chi connectivity index (χ0) is 18.7. The van der Waals surface area contributed by atoms with E-state index in [4.69, 9.17) is 0 Å². The Morgan fingerprint density at radius 2 is 1.73 bits per heavy atom. The van der Waals surface area contributed by atoms with Crippen molar-refractivity contribution >= 4 is 34.7 Å². The van der Waals surface area contributed by atoms with Crippen molar-refractivity contribution in [2.45, 2.75) is 13.8 Å². The van der Waals surface area contributed by atoms with E-state index in [1.807, 2.05) is 48.6 Å². The van der Waals surface area contributed by atoms with Gasteiger partial charge in [-0.2, -0.15) is 5.10 Å². The van der Waals surface area contributed by atoms with Gasteiger partial charge in [-0.3, -0.25) is 4.79 Å². The third-order valence-corrected chi connectivity index (χ3v) is 4.87. The summed E-state index contributed by atoms with van der Waals surface area (Å²) in [5.41, 5.74) is 7.16. The number of carbonyl (C=O) groups is 1. The molecule has 1 aromatic heterocycles. The summed E-state index contributed by atoms with van der Waals surface area (Å²) in [5.74, 6) is -0.0535. The number of nitrogens with zero attached hydrogens (tertiary/aromatic N) is 2. The highest BCUT2D eigenvalue weighted by Crippen LogP contribution is 2.19. The van der Waals surface area contributed by atoms with E-state index in [0.29, 0.717) is 5.56 Å². The molecule has 0 aliphatic heterocycles. The number of hydrazone groups is 1. The Morgan fingerprint density at radius 1 is 1.08 bits per heavy atom. The zero-order valence-electron chi connectivity index (χ0n) is 14.4. The molecule has 0 saturated carbocycles. The average molecular weight is 459 g/mol. The molecule has 0 atom stereocenters. The van der Waals surface area contributed by atoms with Crippen LogP contribution in [0.5, 0.6) is 5.75 Å². The molecule has 0 fully saturated rings. The molecule has 0 saturated heterocycles. The molecule has 0 spiro atoms. The number of aromatic nitrogens is 1. The zero-order valence-corrected chi connectivity index (χ0v) is 16.6. The second-order valence-electron chi connectivity index (χ2n) is 5.91. The smallest absolute Gasteiger partial charge is 0.271 e. The first-order valence-corrected chi connectivity index (χ1v) is 9.11. The number of aromatic hydroxyl groups is 1. The summed E-state index contributed by atoms with van der Waals surface area (Å²) < 4.78 is 2.86. The normalized spacial score (nSPS) is 11.0. The number of hydrogen-bond acceptors (Lipinski definition) is 3. The number of amides is 1. The minimum Gasteiger partial charge on any atom is -0.507 e. The Morgan fingerprint density at radius 3 is 2.35 bits per heavy atom. The van der Waals surface area contributed by atoms with Crippen LogP contribution in [0.2, 0.25) is 0 Å². The lowest BCUT2D eigenvalue weighted by Crippen LogP contribution is -2.17. The summed E-state index contributed by atoms with van der Waals surface area (Å²) in [6.07, 6.45) is 1.54. The monoisotopic (exact) mass is 459 g/mol. The number of hydrogen-bond donors (Lipinski definition) is 2. The Labute approximate surface area is 165 Å². The molecule has 0 aliphatic rings. The van der Waals surface area contributed by atoms with Crippen LogP contribution in [0, 0.1) is 17.4 Å². The van der Waals surface area contributed by atoms with Gasteiger partial charge in [-0.15, -0.1) is 0 Å². The van der Waals surface area contributed by atoms with Crippen molar-refractivity contribution in [1.82, 2.24) is 9.99 Å². The highest BCUT2D eigenvalue weighted by Gasteiger charge is 2.07. The van der Waals surface area contributed by atoms with Crippen LogP contribution < -0.4 is 5.43 Å². The fourth-order valence-electron chi connectivity index (χ4n) is 2.67. The highest BCUT2D eigenvalue weighted by atomic mass is 127. The van der Waals surface area contributed by atoms with Crippen molar-refractivity contribution < 1.29 is 9.90 Å². The number of carbonyl (C=O) groups excluding carboxylic acids is 1. The molecule has 5 nitrogen and oxygen atoms in total. The van der Waals surface area contributed by atoms with E-state index in [2.05, 4.69) is 27.2 Å². The highest BCUT2D eigenvalue weighted by molar-refractivity contribution is 14.1. The molecule has 0 aliphatic carbocycles. The van der Waals surface area contributed by atoms with Crippen LogP contribution in [0.1, 0.15) is 27.3 Å². The van der Waals surface area contributed by atoms with Crippen LogP contribution >= 0.6 is 22.6 Å². The van der Waals surface area contributed by atoms with Crippen molar-refractivity contribution in [2.24, 2.45) is 5.10 Å². The van der Waals surface area contributed by atoms with E-state index in [-0.39, 0.29) is 11.7 Å². The molecular formula is C20H18IN3O2. The van der Waals surface area contributed by atoms with Gasteiger partial charge in [0.25, 0.3) is 5.91 Å². The van der Waals surface area contributed by atoms with Crippen molar-refractivity contribution in [2.75, 3.05) is 0 Å². The number of phenolic OH excluding ortho intramolecular Hbond substituents is 1. The maximum atomic E-state index is 12.2. The summed E-state index contributed by atoms with van der Waals surface area (Å²) in [4.78, 5) is 12.2. The topological polar surface area (TPSA) is 66.6 Å². The van der Waals surface area contributed by atoms with Crippen molar-refractivity contribution in [1.29, 1.82) is 0 Å². The minimum absolute atomic E-state index is 0.222. The molecule has 132 valence electrons. The van der Waals surface area contributed by atoms with Gasteiger partial charge in [-0.1, -0.05) is 0 Å².